The summed E-state index contributed by atoms with van der Waals surface area (Å²) in [7, 11) is 0. The van der Waals surface area contributed by atoms with Gasteiger partial charge < -0.3 is 5.32 Å². The van der Waals surface area contributed by atoms with Crippen molar-refractivity contribution in [3.8, 4) is 0 Å². The minimum Gasteiger partial charge on any atom is -0.357 e. The van der Waals surface area contributed by atoms with E-state index in [1.165, 1.54) is 0 Å². The number of carbonyl (C=O) groups is 1. The zero-order valence-electron chi connectivity index (χ0n) is 6.03. The average molecular weight is 154 g/mol. The summed E-state index contributed by atoms with van der Waals surface area (Å²) in [6.45, 7) is 1.31. The quantitative estimate of drug-likeness (QED) is 0.405. The highest BCUT2D eigenvalue weighted by Gasteiger charge is 1.96. The molecule has 2 N–H and O–H groups in total. The summed E-state index contributed by atoms with van der Waals surface area (Å²) in [6.07, 6.45) is 6.00. The molecule has 0 aromatic rings. The van der Waals surface area contributed by atoms with Gasteiger partial charge in [-0.05, 0) is 6.08 Å². The van der Waals surface area contributed by atoms with E-state index in [1.807, 2.05) is 12.3 Å². The second-order valence-electron chi connectivity index (χ2n) is 1.99. The Morgan fingerprint density at radius 1 is 1.73 bits per heavy atom. The van der Waals surface area contributed by atoms with Gasteiger partial charge in [-0.25, -0.2) is 5.53 Å². The normalized spacial score (nSPS) is 14.4. The molecular weight excluding hydrogens is 144 g/mol. The maximum Gasteiger partial charge on any atom is 0.207 e. The Morgan fingerprint density at radius 2 is 2.64 bits per heavy atom. The largest absolute Gasteiger partial charge is 0.357 e. The van der Waals surface area contributed by atoms with Gasteiger partial charge in [-0.1, -0.05) is 0 Å². The van der Waals surface area contributed by atoms with Gasteiger partial charge in [0.1, 0.15) is 0 Å². The first-order valence-corrected chi connectivity index (χ1v) is 3.32. The summed E-state index contributed by atoms with van der Waals surface area (Å²) in [5.74, 6) is 0. The van der Waals surface area contributed by atoms with Crippen LogP contribution in [0.2, 0.25) is 0 Å². The van der Waals surface area contributed by atoms with E-state index in [2.05, 4.69) is 16.0 Å². The number of carbonyl (C=O) groups excluding carboxylic acids is 1. The molecule has 1 heterocycles. The van der Waals surface area contributed by atoms with Crippen LogP contribution in [-0.4, -0.2) is 30.7 Å². The molecule has 1 aliphatic rings. The first-order valence-electron chi connectivity index (χ1n) is 3.32. The van der Waals surface area contributed by atoms with Gasteiger partial charge in [-0.2, -0.15) is 5.10 Å². The predicted octanol–water partition coefficient (Wildman–Crippen LogP) is -0.948. The third-order valence-electron chi connectivity index (χ3n) is 1.19. The van der Waals surface area contributed by atoms with Gasteiger partial charge in [-0.15, -0.1) is 0 Å². The lowest BCUT2D eigenvalue weighted by molar-refractivity contribution is -0.109. The molecule has 0 fully saturated rings. The van der Waals surface area contributed by atoms with Crippen molar-refractivity contribution < 1.29 is 4.79 Å². The van der Waals surface area contributed by atoms with Crippen LogP contribution >= 0.6 is 0 Å². The zero-order valence-corrected chi connectivity index (χ0v) is 6.03. The molecule has 0 unspecified atom stereocenters. The highest BCUT2D eigenvalue weighted by Crippen LogP contribution is 1.86. The summed E-state index contributed by atoms with van der Waals surface area (Å²) < 4.78 is 0. The third-order valence-corrected chi connectivity index (χ3v) is 1.19. The lowest BCUT2D eigenvalue weighted by Gasteiger charge is -2.20. The molecule has 0 saturated carbocycles. The standard InChI is InChI=1S/C6H10N4O/c11-6-7-3-5-10-4-1-2-8-9-10/h1-2,4,6,9H,3,5H2,(H,7,11). The van der Waals surface area contributed by atoms with Crippen LogP contribution in [0.1, 0.15) is 0 Å². The number of amides is 1. The number of allylic oxidation sites excluding steroid dienone is 1. The second-order valence-corrected chi connectivity index (χ2v) is 1.99. The molecule has 1 rings (SSSR count). The average Bonchev–Trinajstić information content (AvgIpc) is 2.07. The molecule has 0 radical (unpaired) electrons. The van der Waals surface area contributed by atoms with Crippen molar-refractivity contribution >= 4 is 12.6 Å². The maximum absolute atomic E-state index is 9.85. The smallest absolute Gasteiger partial charge is 0.207 e. The molecule has 60 valence electrons. The fraction of sp³-hybridized carbons (Fsp3) is 0.333. The molecule has 5 heteroatoms. The minimum atomic E-state index is 0.607. The van der Waals surface area contributed by atoms with Crippen molar-refractivity contribution in [2.75, 3.05) is 13.1 Å². The molecule has 1 aliphatic heterocycles. The molecule has 0 aromatic heterocycles. The summed E-state index contributed by atoms with van der Waals surface area (Å²) in [5, 5.41) is 8.11. The Hall–Kier alpha value is -1.52. The monoisotopic (exact) mass is 154 g/mol. The minimum absolute atomic E-state index is 0.607. The summed E-state index contributed by atoms with van der Waals surface area (Å²) >= 11 is 0. The van der Waals surface area contributed by atoms with Crippen LogP contribution in [0.25, 0.3) is 0 Å². The van der Waals surface area contributed by atoms with E-state index in [1.54, 1.807) is 11.2 Å². The van der Waals surface area contributed by atoms with Crippen LogP contribution in [0.4, 0.5) is 0 Å². The maximum atomic E-state index is 9.85. The number of hydrazine groups is 1. The molecule has 0 atom stereocenters. The van der Waals surface area contributed by atoms with Gasteiger partial charge in [0.05, 0.1) is 12.8 Å². The first-order chi connectivity index (χ1) is 5.43. The molecule has 0 bridgehead atoms. The van der Waals surface area contributed by atoms with Crippen LogP contribution in [-0.2, 0) is 4.79 Å². The zero-order chi connectivity index (χ0) is 7.94. The molecule has 11 heavy (non-hydrogen) atoms. The second kappa shape index (κ2) is 4.32. The number of hydrogen-bond acceptors (Lipinski definition) is 4. The van der Waals surface area contributed by atoms with Gasteiger partial charge in [0.15, 0.2) is 0 Å². The summed E-state index contributed by atoms with van der Waals surface area (Å²) in [6, 6.07) is 0. The highest BCUT2D eigenvalue weighted by molar-refractivity contribution is 5.71. The SMILES string of the molecule is O=CNCCN1C=CC=NN1. The van der Waals surface area contributed by atoms with E-state index >= 15 is 0 Å². The van der Waals surface area contributed by atoms with E-state index in [0.717, 1.165) is 0 Å². The van der Waals surface area contributed by atoms with Crippen molar-refractivity contribution in [2.24, 2.45) is 5.10 Å². The lowest BCUT2D eigenvalue weighted by Crippen LogP contribution is -2.36. The van der Waals surface area contributed by atoms with E-state index in [-0.39, 0.29) is 0 Å². The van der Waals surface area contributed by atoms with Crippen molar-refractivity contribution in [3.05, 3.63) is 12.3 Å². The van der Waals surface area contributed by atoms with Crippen molar-refractivity contribution in [2.45, 2.75) is 0 Å². The van der Waals surface area contributed by atoms with Crippen molar-refractivity contribution in [1.82, 2.24) is 15.9 Å². The first kappa shape index (κ1) is 7.59. The lowest BCUT2D eigenvalue weighted by atomic mass is 10.5. The fourth-order valence-corrected chi connectivity index (χ4v) is 0.695. The molecular formula is C6H10N4O. The Balaban J connectivity index is 2.12. The van der Waals surface area contributed by atoms with Crippen molar-refractivity contribution in [1.29, 1.82) is 0 Å². The van der Waals surface area contributed by atoms with Crippen LogP contribution in [0.3, 0.4) is 0 Å². The van der Waals surface area contributed by atoms with E-state index in [0.29, 0.717) is 19.5 Å². The summed E-state index contributed by atoms with van der Waals surface area (Å²) in [4.78, 5) is 9.85. The third kappa shape index (κ3) is 2.70. The van der Waals surface area contributed by atoms with Crippen molar-refractivity contribution in [3.63, 3.8) is 0 Å². The Morgan fingerprint density at radius 3 is 3.27 bits per heavy atom. The molecule has 5 nitrogen and oxygen atoms in total. The van der Waals surface area contributed by atoms with E-state index in [4.69, 9.17) is 0 Å². The topological polar surface area (TPSA) is 56.7 Å². The van der Waals surface area contributed by atoms with Gasteiger partial charge in [0.2, 0.25) is 6.41 Å². The van der Waals surface area contributed by atoms with E-state index < -0.39 is 0 Å². The molecule has 0 saturated heterocycles. The Kier molecular flexibility index (Phi) is 2.98. The molecule has 0 aliphatic carbocycles. The van der Waals surface area contributed by atoms with Gasteiger partial charge in [0, 0.05) is 12.7 Å². The van der Waals surface area contributed by atoms with Crippen LogP contribution in [0, 0.1) is 0 Å². The van der Waals surface area contributed by atoms with Gasteiger partial charge in [-0.3, -0.25) is 9.80 Å². The van der Waals surface area contributed by atoms with Crippen LogP contribution in [0.5, 0.6) is 0 Å². The Labute approximate surface area is 64.7 Å². The van der Waals surface area contributed by atoms with Crippen LogP contribution in [0.15, 0.2) is 17.4 Å². The fourth-order valence-electron chi connectivity index (χ4n) is 0.695. The van der Waals surface area contributed by atoms with Gasteiger partial charge in [0.25, 0.3) is 0 Å². The number of rotatable bonds is 4. The van der Waals surface area contributed by atoms with Crippen LogP contribution < -0.4 is 10.9 Å². The number of nitrogens with one attached hydrogen (secondary N) is 2. The summed E-state index contributed by atoms with van der Waals surface area (Å²) in [5.41, 5.74) is 2.74. The number of hydrogen-bond donors (Lipinski definition) is 2. The molecule has 0 spiro atoms. The Bertz CT molecular complexity index is 177. The number of hydrazone groups is 1. The van der Waals surface area contributed by atoms with E-state index in [9.17, 15) is 4.79 Å². The molecule has 1 amide bonds. The predicted molar refractivity (Wildman–Crippen MR) is 41.5 cm³/mol. The van der Waals surface area contributed by atoms with Gasteiger partial charge >= 0.3 is 0 Å². The highest BCUT2D eigenvalue weighted by atomic mass is 16.1. The number of nitrogens with zero attached hydrogens (tertiary/aromatic N) is 2. The molecule has 0 aromatic carbocycles.